The van der Waals surface area contributed by atoms with Crippen LogP contribution < -0.4 is 4.90 Å². The normalized spacial score (nSPS) is 10.3. The molecule has 5 nitrogen and oxygen atoms in total. The third-order valence-electron chi connectivity index (χ3n) is 2.60. The zero-order valence-corrected chi connectivity index (χ0v) is 11.9. The number of aliphatic carboxylic acids is 1. The predicted molar refractivity (Wildman–Crippen MR) is 76.8 cm³/mol. The second kappa shape index (κ2) is 8.19. The van der Waals surface area contributed by atoms with Crippen molar-refractivity contribution in [3.05, 3.63) is 30.3 Å². The van der Waals surface area contributed by atoms with Crippen molar-refractivity contribution in [1.29, 1.82) is 0 Å². The summed E-state index contributed by atoms with van der Waals surface area (Å²) in [6.07, 6.45) is -0.0165. The first-order valence-corrected chi connectivity index (χ1v) is 6.72. The molecule has 0 aliphatic rings. The van der Waals surface area contributed by atoms with Crippen molar-refractivity contribution in [2.45, 2.75) is 26.7 Å². The van der Waals surface area contributed by atoms with Crippen LogP contribution in [0.1, 0.15) is 26.7 Å². The van der Waals surface area contributed by atoms with E-state index in [1.807, 2.05) is 32.0 Å². The lowest BCUT2D eigenvalue weighted by molar-refractivity contribution is -0.137. The average molecular weight is 279 g/mol. The van der Waals surface area contributed by atoms with E-state index in [-0.39, 0.29) is 12.3 Å². The van der Waals surface area contributed by atoms with Gasteiger partial charge in [-0.1, -0.05) is 32.0 Å². The van der Waals surface area contributed by atoms with Crippen LogP contribution in [-0.2, 0) is 9.53 Å². The second-order valence-electron chi connectivity index (χ2n) is 4.96. The van der Waals surface area contributed by atoms with Crippen molar-refractivity contribution in [1.82, 2.24) is 0 Å². The lowest BCUT2D eigenvalue weighted by Gasteiger charge is -2.22. The van der Waals surface area contributed by atoms with Gasteiger partial charge >= 0.3 is 12.1 Å². The van der Waals surface area contributed by atoms with Crippen molar-refractivity contribution in [2.24, 2.45) is 5.92 Å². The van der Waals surface area contributed by atoms with Gasteiger partial charge in [0, 0.05) is 18.7 Å². The number of para-hydroxylation sites is 1. The number of ether oxygens (including phenoxy) is 1. The van der Waals surface area contributed by atoms with Crippen LogP contribution in [0.3, 0.4) is 0 Å². The molecular formula is C15H21NO4. The fourth-order valence-corrected chi connectivity index (χ4v) is 1.64. The summed E-state index contributed by atoms with van der Waals surface area (Å²) in [5.41, 5.74) is 0.714. The number of hydrogen-bond acceptors (Lipinski definition) is 3. The highest BCUT2D eigenvalue weighted by Crippen LogP contribution is 2.16. The molecule has 0 aliphatic heterocycles. The first-order valence-electron chi connectivity index (χ1n) is 6.72. The minimum atomic E-state index is -0.867. The Morgan fingerprint density at radius 3 is 2.45 bits per heavy atom. The van der Waals surface area contributed by atoms with Crippen LogP contribution in [0, 0.1) is 5.92 Å². The zero-order valence-electron chi connectivity index (χ0n) is 11.9. The van der Waals surface area contributed by atoms with Crippen molar-refractivity contribution >= 4 is 17.7 Å². The Labute approximate surface area is 119 Å². The molecule has 5 heteroatoms. The van der Waals surface area contributed by atoms with E-state index in [4.69, 9.17) is 9.84 Å². The maximum absolute atomic E-state index is 12.1. The van der Waals surface area contributed by atoms with E-state index in [0.717, 1.165) is 0 Å². The molecule has 0 aromatic heterocycles. The minimum Gasteiger partial charge on any atom is -0.481 e. The molecule has 20 heavy (non-hydrogen) atoms. The Hall–Kier alpha value is -2.04. The Morgan fingerprint density at radius 2 is 1.90 bits per heavy atom. The van der Waals surface area contributed by atoms with E-state index < -0.39 is 12.1 Å². The summed E-state index contributed by atoms with van der Waals surface area (Å²) in [6.45, 7) is 4.60. The number of rotatable bonds is 7. The molecule has 0 fully saturated rings. The zero-order chi connectivity index (χ0) is 15.0. The molecule has 0 heterocycles. The summed E-state index contributed by atoms with van der Waals surface area (Å²) in [5, 5.41) is 8.68. The molecule has 1 aromatic rings. The number of benzene rings is 1. The van der Waals surface area contributed by atoms with E-state index >= 15 is 0 Å². The summed E-state index contributed by atoms with van der Waals surface area (Å²) in [4.78, 5) is 24.1. The molecule has 0 unspecified atom stereocenters. The van der Waals surface area contributed by atoms with Gasteiger partial charge in [0.25, 0.3) is 0 Å². The van der Waals surface area contributed by atoms with Gasteiger partial charge in [-0.3, -0.25) is 9.69 Å². The van der Waals surface area contributed by atoms with E-state index in [2.05, 4.69) is 0 Å². The van der Waals surface area contributed by atoms with Crippen LogP contribution in [0.5, 0.6) is 0 Å². The summed E-state index contributed by atoms with van der Waals surface area (Å²) < 4.78 is 5.22. The standard InChI is InChI=1S/C15H21NO4/c1-12(2)11-20-15(19)16(10-6-9-14(17)18)13-7-4-3-5-8-13/h3-5,7-8,12H,6,9-11H2,1-2H3,(H,17,18). The quantitative estimate of drug-likeness (QED) is 0.832. The number of amides is 1. The topological polar surface area (TPSA) is 66.8 Å². The van der Waals surface area contributed by atoms with Crippen molar-refractivity contribution in [2.75, 3.05) is 18.1 Å². The van der Waals surface area contributed by atoms with Crippen LogP contribution >= 0.6 is 0 Å². The van der Waals surface area contributed by atoms with Gasteiger partial charge in [-0.2, -0.15) is 0 Å². The third kappa shape index (κ3) is 5.73. The lowest BCUT2D eigenvalue weighted by Crippen LogP contribution is -2.33. The average Bonchev–Trinajstić information content (AvgIpc) is 2.41. The molecule has 1 rings (SSSR count). The Balaban J connectivity index is 2.68. The summed E-state index contributed by atoms with van der Waals surface area (Å²) >= 11 is 0. The molecule has 0 aliphatic carbocycles. The molecule has 0 spiro atoms. The summed E-state index contributed by atoms with van der Waals surface area (Å²) in [6, 6.07) is 9.12. The highest BCUT2D eigenvalue weighted by atomic mass is 16.6. The molecule has 0 atom stereocenters. The van der Waals surface area contributed by atoms with Gasteiger partial charge < -0.3 is 9.84 Å². The van der Waals surface area contributed by atoms with E-state index in [1.54, 1.807) is 12.1 Å². The van der Waals surface area contributed by atoms with Crippen LogP contribution in [0.15, 0.2) is 30.3 Å². The van der Waals surface area contributed by atoms with Gasteiger partial charge in [0.1, 0.15) is 0 Å². The Morgan fingerprint density at radius 1 is 1.25 bits per heavy atom. The molecule has 1 N–H and O–H groups in total. The van der Waals surface area contributed by atoms with Gasteiger partial charge in [-0.15, -0.1) is 0 Å². The van der Waals surface area contributed by atoms with E-state index in [0.29, 0.717) is 25.3 Å². The van der Waals surface area contributed by atoms with Crippen molar-refractivity contribution < 1.29 is 19.4 Å². The number of carbonyl (C=O) groups is 2. The number of carboxylic acids is 1. The van der Waals surface area contributed by atoms with Crippen LogP contribution in [0.25, 0.3) is 0 Å². The maximum Gasteiger partial charge on any atom is 0.414 e. The smallest absolute Gasteiger partial charge is 0.414 e. The van der Waals surface area contributed by atoms with Gasteiger partial charge in [-0.05, 0) is 24.5 Å². The molecule has 0 radical (unpaired) electrons. The van der Waals surface area contributed by atoms with Crippen LogP contribution in [0.2, 0.25) is 0 Å². The number of carboxylic acid groups (broad SMARTS) is 1. The predicted octanol–water partition coefficient (Wildman–Crippen LogP) is 3.15. The maximum atomic E-state index is 12.1. The van der Waals surface area contributed by atoms with Crippen LogP contribution in [0.4, 0.5) is 10.5 Å². The molecule has 0 saturated heterocycles. The fraction of sp³-hybridized carbons (Fsp3) is 0.467. The second-order valence-corrected chi connectivity index (χ2v) is 4.96. The van der Waals surface area contributed by atoms with E-state index in [1.165, 1.54) is 4.90 Å². The third-order valence-corrected chi connectivity index (χ3v) is 2.60. The van der Waals surface area contributed by atoms with Crippen LogP contribution in [-0.4, -0.2) is 30.3 Å². The largest absolute Gasteiger partial charge is 0.481 e. The molecule has 0 bridgehead atoms. The first kappa shape index (κ1) is 16.0. The number of carbonyl (C=O) groups excluding carboxylic acids is 1. The molecular weight excluding hydrogens is 258 g/mol. The summed E-state index contributed by atoms with van der Waals surface area (Å²) in [5.74, 6) is -0.607. The number of nitrogens with zero attached hydrogens (tertiary/aromatic N) is 1. The fourth-order valence-electron chi connectivity index (χ4n) is 1.64. The van der Waals surface area contributed by atoms with Gasteiger partial charge in [-0.25, -0.2) is 4.79 Å². The SMILES string of the molecule is CC(C)COC(=O)N(CCCC(=O)O)c1ccccc1. The van der Waals surface area contributed by atoms with Gasteiger partial charge in [0.2, 0.25) is 0 Å². The van der Waals surface area contributed by atoms with Gasteiger partial charge in [0.15, 0.2) is 0 Å². The van der Waals surface area contributed by atoms with Crippen molar-refractivity contribution in [3.63, 3.8) is 0 Å². The van der Waals surface area contributed by atoms with E-state index in [9.17, 15) is 9.59 Å². The van der Waals surface area contributed by atoms with Gasteiger partial charge in [0.05, 0.1) is 6.61 Å². The Bertz CT molecular complexity index is 431. The first-order chi connectivity index (χ1) is 9.50. The monoisotopic (exact) mass is 279 g/mol. The Kier molecular flexibility index (Phi) is 6.56. The number of anilines is 1. The molecule has 110 valence electrons. The highest BCUT2D eigenvalue weighted by molar-refractivity contribution is 5.87. The molecule has 1 aromatic carbocycles. The number of hydrogen-bond donors (Lipinski definition) is 1. The highest BCUT2D eigenvalue weighted by Gasteiger charge is 2.17. The molecule has 0 saturated carbocycles. The molecule has 1 amide bonds. The van der Waals surface area contributed by atoms with Crippen molar-refractivity contribution in [3.8, 4) is 0 Å². The lowest BCUT2D eigenvalue weighted by atomic mass is 10.2. The minimum absolute atomic E-state index is 0.0286. The summed E-state index contributed by atoms with van der Waals surface area (Å²) in [7, 11) is 0.